The molecular weight excluding hydrogens is 252 g/mol. The van der Waals surface area contributed by atoms with Gasteiger partial charge < -0.3 is 0 Å². The van der Waals surface area contributed by atoms with Gasteiger partial charge in [-0.3, -0.25) is 4.18 Å². The molecule has 0 bridgehead atoms. The standard InChI is InChI=1S/C9H12O5S2/c1-7-3-5-9(6-4-7)16(12,13)8(2)14-15(10)11/h3-6,8,15H,1-2H3. The van der Waals surface area contributed by atoms with E-state index in [1.165, 1.54) is 19.1 Å². The van der Waals surface area contributed by atoms with Crippen molar-refractivity contribution in [1.29, 1.82) is 0 Å². The van der Waals surface area contributed by atoms with E-state index < -0.39 is 26.3 Å². The van der Waals surface area contributed by atoms with Crippen molar-refractivity contribution in [2.45, 2.75) is 24.2 Å². The molecule has 1 unspecified atom stereocenters. The fourth-order valence-electron chi connectivity index (χ4n) is 1.10. The molecule has 90 valence electrons. The molecule has 5 nitrogen and oxygen atoms in total. The minimum atomic E-state index is -3.76. The summed E-state index contributed by atoms with van der Waals surface area (Å²) >= 11 is 0. The van der Waals surface area contributed by atoms with E-state index in [4.69, 9.17) is 0 Å². The van der Waals surface area contributed by atoms with Gasteiger partial charge in [-0.2, -0.15) is 0 Å². The van der Waals surface area contributed by atoms with Gasteiger partial charge in [0.15, 0.2) is 5.44 Å². The third-order valence-electron chi connectivity index (χ3n) is 2.02. The van der Waals surface area contributed by atoms with Gasteiger partial charge in [0, 0.05) is 0 Å². The molecule has 0 aromatic heterocycles. The predicted octanol–water partition coefficient (Wildman–Crippen LogP) is 0.658. The van der Waals surface area contributed by atoms with Crippen LogP contribution in [0.1, 0.15) is 12.5 Å². The molecule has 0 saturated heterocycles. The molecule has 0 aliphatic carbocycles. The van der Waals surface area contributed by atoms with E-state index in [0.717, 1.165) is 5.56 Å². The van der Waals surface area contributed by atoms with Crippen LogP contribution >= 0.6 is 0 Å². The molecule has 0 fully saturated rings. The zero-order chi connectivity index (χ0) is 12.3. The maximum absolute atomic E-state index is 11.8. The minimum Gasteiger partial charge on any atom is -0.252 e. The van der Waals surface area contributed by atoms with E-state index in [9.17, 15) is 16.8 Å². The fourth-order valence-corrected chi connectivity index (χ4v) is 2.90. The van der Waals surface area contributed by atoms with E-state index in [2.05, 4.69) is 4.18 Å². The number of benzene rings is 1. The zero-order valence-corrected chi connectivity index (χ0v) is 10.5. The van der Waals surface area contributed by atoms with Crippen LogP contribution in [0.4, 0.5) is 0 Å². The van der Waals surface area contributed by atoms with Crippen LogP contribution in [0.15, 0.2) is 29.2 Å². The molecule has 0 aliphatic heterocycles. The molecule has 7 heteroatoms. The Balaban J connectivity index is 3.06. The second kappa shape index (κ2) is 4.94. The molecule has 1 atom stereocenters. The van der Waals surface area contributed by atoms with Crippen LogP contribution in [0, 0.1) is 6.92 Å². The molecule has 1 aromatic carbocycles. The minimum absolute atomic E-state index is 0.0439. The molecule has 0 spiro atoms. The Morgan fingerprint density at radius 3 is 2.12 bits per heavy atom. The predicted molar refractivity (Wildman–Crippen MR) is 59.2 cm³/mol. The van der Waals surface area contributed by atoms with E-state index in [1.807, 2.05) is 6.92 Å². The maximum Gasteiger partial charge on any atom is 0.258 e. The largest absolute Gasteiger partial charge is 0.258 e. The lowest BCUT2D eigenvalue weighted by atomic mass is 10.2. The Morgan fingerprint density at radius 1 is 1.19 bits per heavy atom. The van der Waals surface area contributed by atoms with Crippen molar-refractivity contribution in [3.63, 3.8) is 0 Å². The highest BCUT2D eigenvalue weighted by atomic mass is 32.2. The highest BCUT2D eigenvalue weighted by Gasteiger charge is 2.24. The molecular formula is C9H12O5S2. The maximum atomic E-state index is 11.8. The van der Waals surface area contributed by atoms with Crippen molar-refractivity contribution in [1.82, 2.24) is 0 Å². The Bertz CT molecular complexity index is 520. The van der Waals surface area contributed by atoms with Crippen LogP contribution in [-0.2, 0) is 25.0 Å². The second-order valence-electron chi connectivity index (χ2n) is 3.25. The van der Waals surface area contributed by atoms with Gasteiger partial charge in [0.1, 0.15) is 0 Å². The first-order valence-corrected chi connectivity index (χ1v) is 7.10. The van der Waals surface area contributed by atoms with Crippen LogP contribution in [0.2, 0.25) is 0 Å². The lowest BCUT2D eigenvalue weighted by Gasteiger charge is -2.09. The summed E-state index contributed by atoms with van der Waals surface area (Å²) in [5.74, 6) is 0. The van der Waals surface area contributed by atoms with Gasteiger partial charge in [-0.1, -0.05) is 17.7 Å². The van der Waals surface area contributed by atoms with Gasteiger partial charge in [0.2, 0.25) is 9.84 Å². The molecule has 0 heterocycles. The van der Waals surface area contributed by atoms with Crippen LogP contribution in [0.3, 0.4) is 0 Å². The van der Waals surface area contributed by atoms with Gasteiger partial charge >= 0.3 is 0 Å². The van der Waals surface area contributed by atoms with Crippen molar-refractivity contribution in [2.24, 2.45) is 0 Å². The quantitative estimate of drug-likeness (QED) is 0.808. The average molecular weight is 264 g/mol. The Labute approximate surface area is 96.1 Å². The van der Waals surface area contributed by atoms with Gasteiger partial charge in [-0.05, 0) is 26.0 Å². The van der Waals surface area contributed by atoms with E-state index in [-0.39, 0.29) is 4.90 Å². The SMILES string of the molecule is Cc1ccc(S(=O)(=O)C(C)O[SH](=O)=O)cc1. The van der Waals surface area contributed by atoms with Gasteiger partial charge in [0.05, 0.1) is 4.90 Å². The van der Waals surface area contributed by atoms with E-state index >= 15 is 0 Å². The number of thiol groups is 1. The number of hydrogen-bond acceptors (Lipinski definition) is 5. The first kappa shape index (κ1) is 13.1. The van der Waals surface area contributed by atoms with Gasteiger partial charge in [-0.15, -0.1) is 0 Å². The Kier molecular flexibility index (Phi) is 4.06. The molecule has 0 N–H and O–H groups in total. The second-order valence-corrected chi connectivity index (χ2v) is 6.14. The van der Waals surface area contributed by atoms with Crippen LogP contribution in [0.5, 0.6) is 0 Å². The van der Waals surface area contributed by atoms with Crippen LogP contribution in [0.25, 0.3) is 0 Å². The lowest BCUT2D eigenvalue weighted by Crippen LogP contribution is -2.20. The molecule has 0 aliphatic rings. The summed E-state index contributed by atoms with van der Waals surface area (Å²) in [6.45, 7) is 3.01. The molecule has 1 aromatic rings. The summed E-state index contributed by atoms with van der Waals surface area (Å²) in [5.41, 5.74) is -0.487. The van der Waals surface area contributed by atoms with Crippen molar-refractivity contribution in [2.75, 3.05) is 0 Å². The molecule has 16 heavy (non-hydrogen) atoms. The summed E-state index contributed by atoms with van der Waals surface area (Å²) in [6, 6.07) is 6.11. The van der Waals surface area contributed by atoms with Crippen molar-refractivity contribution in [3.05, 3.63) is 29.8 Å². The third-order valence-corrected chi connectivity index (χ3v) is 4.55. The Morgan fingerprint density at radius 2 is 1.69 bits per heavy atom. The summed E-state index contributed by atoms with van der Waals surface area (Å²) in [5, 5.41) is 0. The normalized spacial score (nSPS) is 13.9. The van der Waals surface area contributed by atoms with Crippen molar-refractivity contribution in [3.8, 4) is 0 Å². The number of hydrogen-bond donors (Lipinski definition) is 1. The van der Waals surface area contributed by atoms with Crippen molar-refractivity contribution < 1.29 is 21.0 Å². The summed E-state index contributed by atoms with van der Waals surface area (Å²) in [6.07, 6.45) is 0. The number of rotatable bonds is 4. The van der Waals surface area contributed by atoms with Crippen LogP contribution < -0.4 is 0 Å². The van der Waals surface area contributed by atoms with E-state index in [1.54, 1.807) is 12.1 Å². The topological polar surface area (TPSA) is 77.5 Å². The average Bonchev–Trinajstić information content (AvgIpc) is 2.17. The third kappa shape index (κ3) is 3.03. The molecule has 0 radical (unpaired) electrons. The smallest absolute Gasteiger partial charge is 0.252 e. The van der Waals surface area contributed by atoms with Gasteiger partial charge in [-0.25, -0.2) is 16.8 Å². The number of sulfone groups is 1. The van der Waals surface area contributed by atoms with E-state index in [0.29, 0.717) is 0 Å². The summed E-state index contributed by atoms with van der Waals surface area (Å²) in [4.78, 5) is 0.0439. The Hall–Kier alpha value is -0.920. The highest BCUT2D eigenvalue weighted by Crippen LogP contribution is 2.17. The molecule has 0 amide bonds. The first-order valence-electron chi connectivity index (χ1n) is 4.46. The highest BCUT2D eigenvalue weighted by molar-refractivity contribution is 7.92. The zero-order valence-electron chi connectivity index (χ0n) is 8.78. The number of aryl methyl sites for hydroxylation is 1. The monoisotopic (exact) mass is 264 g/mol. The fraction of sp³-hybridized carbons (Fsp3) is 0.333. The summed E-state index contributed by atoms with van der Waals surface area (Å²) in [7, 11) is -6.94. The van der Waals surface area contributed by atoms with Crippen LogP contribution in [-0.4, -0.2) is 22.3 Å². The van der Waals surface area contributed by atoms with Crippen molar-refractivity contribution >= 4 is 20.8 Å². The molecule has 1 rings (SSSR count). The lowest BCUT2D eigenvalue weighted by molar-refractivity contribution is 0.308. The molecule has 0 saturated carbocycles. The summed E-state index contributed by atoms with van der Waals surface area (Å²) < 4.78 is 48.4. The van der Waals surface area contributed by atoms with Gasteiger partial charge in [0.25, 0.3) is 11.0 Å². The first-order chi connectivity index (χ1) is 7.34.